The highest BCUT2D eigenvalue weighted by molar-refractivity contribution is 7.89. The van der Waals surface area contributed by atoms with Crippen LogP contribution in [0, 0.1) is 6.92 Å². The number of nitrogens with one attached hydrogen (secondary N) is 1. The zero-order valence-electron chi connectivity index (χ0n) is 12.3. The Hall–Kier alpha value is -1.37. The number of aryl methyl sites for hydroxylation is 1. The van der Waals surface area contributed by atoms with Gasteiger partial charge in [0.15, 0.2) is 0 Å². The minimum Gasteiger partial charge on any atom is -0.282 e. The first-order valence-corrected chi connectivity index (χ1v) is 9.06. The lowest BCUT2D eigenvalue weighted by Gasteiger charge is -2.31. The van der Waals surface area contributed by atoms with Crippen LogP contribution in [0.1, 0.15) is 30.0 Å². The van der Waals surface area contributed by atoms with Crippen LogP contribution in [0.15, 0.2) is 35.4 Å². The summed E-state index contributed by atoms with van der Waals surface area (Å²) in [6, 6.07) is 6.33. The Morgan fingerprint density at radius 1 is 1.32 bits per heavy atom. The van der Waals surface area contributed by atoms with Gasteiger partial charge >= 0.3 is 0 Å². The van der Waals surface area contributed by atoms with Crippen molar-refractivity contribution in [3.63, 3.8) is 0 Å². The van der Waals surface area contributed by atoms with E-state index in [1.54, 1.807) is 34.8 Å². The van der Waals surface area contributed by atoms with E-state index in [2.05, 4.69) is 10.2 Å². The number of hydrogen-bond acceptors (Lipinski definition) is 3. The second-order valence-electron chi connectivity index (χ2n) is 5.62. The van der Waals surface area contributed by atoms with Crippen molar-refractivity contribution < 1.29 is 8.42 Å². The maximum Gasteiger partial charge on any atom is 0.243 e. The van der Waals surface area contributed by atoms with Gasteiger partial charge < -0.3 is 0 Å². The fourth-order valence-corrected chi connectivity index (χ4v) is 4.57. The summed E-state index contributed by atoms with van der Waals surface area (Å²) < 4.78 is 27.1. The van der Waals surface area contributed by atoms with Gasteiger partial charge in [0.2, 0.25) is 10.0 Å². The van der Waals surface area contributed by atoms with E-state index in [9.17, 15) is 8.42 Å². The van der Waals surface area contributed by atoms with Crippen LogP contribution >= 0.6 is 11.6 Å². The number of H-pyrrole nitrogens is 1. The van der Waals surface area contributed by atoms with Crippen molar-refractivity contribution in [2.45, 2.75) is 30.6 Å². The molecule has 7 heteroatoms. The van der Waals surface area contributed by atoms with E-state index in [0.717, 1.165) is 24.1 Å². The van der Waals surface area contributed by atoms with Crippen molar-refractivity contribution in [1.82, 2.24) is 14.5 Å². The van der Waals surface area contributed by atoms with Crippen molar-refractivity contribution in [3.05, 3.63) is 46.7 Å². The fraction of sp³-hybridized carbons (Fsp3) is 0.400. The second kappa shape index (κ2) is 6.02. The first kappa shape index (κ1) is 15.5. The van der Waals surface area contributed by atoms with E-state index in [4.69, 9.17) is 11.6 Å². The number of rotatable bonds is 3. The smallest absolute Gasteiger partial charge is 0.243 e. The van der Waals surface area contributed by atoms with Crippen molar-refractivity contribution in [2.75, 3.05) is 13.1 Å². The van der Waals surface area contributed by atoms with E-state index in [0.29, 0.717) is 23.0 Å². The van der Waals surface area contributed by atoms with Crippen molar-refractivity contribution in [1.29, 1.82) is 0 Å². The van der Waals surface area contributed by atoms with Crippen LogP contribution in [-0.4, -0.2) is 36.0 Å². The Morgan fingerprint density at radius 2 is 2.05 bits per heavy atom. The molecule has 118 valence electrons. The number of aromatic nitrogens is 2. The Bertz CT molecular complexity index is 755. The predicted octanol–water partition coefficient (Wildman–Crippen LogP) is 2.94. The largest absolute Gasteiger partial charge is 0.282 e. The standard InChI is InChI=1S/C15H18ClN3O2S/c1-11-9-17-18-15(11)12-3-2-8-19(10-12)22(20,21)14-6-4-13(16)5-7-14/h4-7,9,12H,2-3,8,10H2,1H3,(H,17,18). The summed E-state index contributed by atoms with van der Waals surface area (Å²) in [6.07, 6.45) is 3.59. The van der Waals surface area contributed by atoms with Gasteiger partial charge in [-0.3, -0.25) is 5.10 Å². The zero-order valence-corrected chi connectivity index (χ0v) is 13.9. The molecule has 0 bridgehead atoms. The topological polar surface area (TPSA) is 66.1 Å². The molecule has 0 radical (unpaired) electrons. The van der Waals surface area contributed by atoms with Crippen molar-refractivity contribution in [3.8, 4) is 0 Å². The molecule has 2 aromatic rings. The molecule has 22 heavy (non-hydrogen) atoms. The summed E-state index contributed by atoms with van der Waals surface area (Å²) in [5.74, 6) is 0.165. The SMILES string of the molecule is Cc1cn[nH]c1C1CCCN(S(=O)(=O)c2ccc(Cl)cc2)C1. The van der Waals surface area contributed by atoms with E-state index in [1.807, 2.05) is 6.92 Å². The molecule has 1 fully saturated rings. The third-order valence-corrected chi connectivity index (χ3v) is 6.24. The molecule has 1 aliphatic heterocycles. The van der Waals surface area contributed by atoms with Crippen LogP contribution in [0.3, 0.4) is 0 Å². The highest BCUT2D eigenvalue weighted by atomic mass is 35.5. The van der Waals surface area contributed by atoms with Gasteiger partial charge in [-0.1, -0.05) is 11.6 Å². The summed E-state index contributed by atoms with van der Waals surface area (Å²) >= 11 is 5.84. The molecule has 1 atom stereocenters. The molecule has 1 saturated heterocycles. The van der Waals surface area contributed by atoms with Crippen molar-refractivity contribution in [2.24, 2.45) is 0 Å². The third kappa shape index (κ3) is 2.91. The van der Waals surface area contributed by atoms with E-state index in [-0.39, 0.29) is 5.92 Å². The van der Waals surface area contributed by atoms with E-state index in [1.165, 1.54) is 0 Å². The minimum atomic E-state index is -3.48. The average molecular weight is 340 g/mol. The number of sulfonamides is 1. The van der Waals surface area contributed by atoms with Gasteiger partial charge in [0, 0.05) is 29.7 Å². The Morgan fingerprint density at radius 3 is 2.68 bits per heavy atom. The number of piperidine rings is 1. The summed E-state index contributed by atoms with van der Waals surface area (Å²) in [5, 5.41) is 7.58. The van der Waals surface area contributed by atoms with Crippen molar-refractivity contribution >= 4 is 21.6 Å². The maximum atomic E-state index is 12.8. The van der Waals surface area contributed by atoms with Crippen LogP contribution in [0.25, 0.3) is 0 Å². The normalized spacial score (nSPS) is 20.2. The number of hydrogen-bond donors (Lipinski definition) is 1. The Kier molecular flexibility index (Phi) is 4.25. The Balaban J connectivity index is 1.85. The van der Waals surface area contributed by atoms with Crippen LogP contribution in [0.2, 0.25) is 5.02 Å². The maximum absolute atomic E-state index is 12.8. The lowest BCUT2D eigenvalue weighted by atomic mass is 9.94. The molecule has 3 rings (SSSR count). The molecule has 0 amide bonds. The van der Waals surface area contributed by atoms with Crippen LogP contribution in [0.4, 0.5) is 0 Å². The number of benzene rings is 1. The molecule has 5 nitrogen and oxygen atoms in total. The molecule has 2 heterocycles. The molecular weight excluding hydrogens is 322 g/mol. The average Bonchev–Trinajstić information content (AvgIpc) is 2.94. The van der Waals surface area contributed by atoms with Gasteiger partial charge in [0.1, 0.15) is 0 Å². The van der Waals surface area contributed by atoms with Gasteiger partial charge in [-0.25, -0.2) is 8.42 Å². The predicted molar refractivity (Wildman–Crippen MR) is 85.5 cm³/mol. The summed E-state index contributed by atoms with van der Waals surface area (Å²) in [7, 11) is -3.48. The summed E-state index contributed by atoms with van der Waals surface area (Å²) in [5.41, 5.74) is 2.12. The summed E-state index contributed by atoms with van der Waals surface area (Å²) in [4.78, 5) is 0.291. The van der Waals surface area contributed by atoms with Gasteiger partial charge in [-0.15, -0.1) is 0 Å². The Labute approximate surface area is 135 Å². The lowest BCUT2D eigenvalue weighted by Crippen LogP contribution is -2.39. The molecule has 0 spiro atoms. The van der Waals surface area contributed by atoms with E-state index < -0.39 is 10.0 Å². The highest BCUT2D eigenvalue weighted by Gasteiger charge is 2.31. The number of nitrogens with zero attached hydrogens (tertiary/aromatic N) is 2. The number of halogens is 1. The summed E-state index contributed by atoms with van der Waals surface area (Å²) in [6.45, 7) is 3.02. The van der Waals surface area contributed by atoms with Crippen LogP contribution in [0.5, 0.6) is 0 Å². The molecule has 1 unspecified atom stereocenters. The van der Waals surface area contributed by atoms with Gasteiger partial charge in [-0.2, -0.15) is 9.40 Å². The van der Waals surface area contributed by atoms with E-state index >= 15 is 0 Å². The van der Waals surface area contributed by atoms with Gasteiger partial charge in [0.05, 0.1) is 11.1 Å². The first-order chi connectivity index (χ1) is 10.5. The molecule has 0 aliphatic carbocycles. The van der Waals surface area contributed by atoms with Gasteiger partial charge in [-0.05, 0) is 49.6 Å². The molecule has 1 aliphatic rings. The van der Waals surface area contributed by atoms with Crippen LogP contribution < -0.4 is 0 Å². The zero-order chi connectivity index (χ0) is 15.7. The number of aromatic amines is 1. The fourth-order valence-electron chi connectivity index (χ4n) is 2.92. The first-order valence-electron chi connectivity index (χ1n) is 7.24. The molecule has 1 aromatic heterocycles. The lowest BCUT2D eigenvalue weighted by molar-refractivity contribution is 0.312. The molecular formula is C15H18ClN3O2S. The highest BCUT2D eigenvalue weighted by Crippen LogP contribution is 2.30. The van der Waals surface area contributed by atoms with Crippen LogP contribution in [-0.2, 0) is 10.0 Å². The third-order valence-electron chi connectivity index (χ3n) is 4.11. The quantitative estimate of drug-likeness (QED) is 0.935. The van der Waals surface area contributed by atoms with Gasteiger partial charge in [0.25, 0.3) is 0 Å². The molecule has 1 N–H and O–H groups in total. The minimum absolute atomic E-state index is 0.165. The monoisotopic (exact) mass is 339 g/mol. The second-order valence-corrected chi connectivity index (χ2v) is 8.00. The molecule has 1 aromatic carbocycles. The molecule has 0 saturated carbocycles.